The molecular formula is CO4PbZn. The molecule has 0 aromatic carbocycles. The van der Waals surface area contributed by atoms with Crippen LogP contribution in [-0.4, -0.2) is 33.5 Å². The monoisotopic (exact) mass is 348 g/mol. The van der Waals surface area contributed by atoms with E-state index in [0.29, 0.717) is 0 Å². The molecule has 0 fully saturated rings. The molecule has 0 aromatic heterocycles. The maximum absolute atomic E-state index is 8.33. The standard InChI is InChI=1S/CH2O3.O.Pb.Zn/c2-1(3)4;;;/h(H2,2,3,4);;;/q;-2;2*+2/p-2. The van der Waals surface area contributed by atoms with Gasteiger partial charge in [-0.1, -0.05) is 0 Å². The van der Waals surface area contributed by atoms with Crippen molar-refractivity contribution in [1.29, 1.82) is 0 Å². The zero-order valence-electron chi connectivity index (χ0n) is 3.34. The summed E-state index contributed by atoms with van der Waals surface area (Å²) in [6.45, 7) is 0. The van der Waals surface area contributed by atoms with Gasteiger partial charge < -0.3 is 20.5 Å². The Balaban J connectivity index is -0.0000000150. The molecule has 0 heterocycles. The molecule has 0 unspecified atom stereocenters. The van der Waals surface area contributed by atoms with E-state index >= 15 is 0 Å². The molecule has 7 heavy (non-hydrogen) atoms. The molecule has 0 aliphatic rings. The second-order valence-electron chi connectivity index (χ2n) is 0.250. The second kappa shape index (κ2) is 15.9. The summed E-state index contributed by atoms with van der Waals surface area (Å²) in [4.78, 5) is 8.33. The summed E-state index contributed by atoms with van der Waals surface area (Å²) in [5.74, 6) is 0. The van der Waals surface area contributed by atoms with Crippen LogP contribution in [0.4, 0.5) is 4.79 Å². The fourth-order valence-electron chi connectivity index (χ4n) is 0. The van der Waals surface area contributed by atoms with Gasteiger partial charge in [0.25, 0.3) is 0 Å². The minimum atomic E-state index is -2.33. The van der Waals surface area contributed by atoms with Crippen molar-refractivity contribution < 1.29 is 40.0 Å². The van der Waals surface area contributed by atoms with Crippen LogP contribution in [0.2, 0.25) is 0 Å². The molecule has 0 aliphatic heterocycles. The van der Waals surface area contributed by atoms with Gasteiger partial charge in [-0.2, -0.15) is 0 Å². The summed E-state index contributed by atoms with van der Waals surface area (Å²) in [7, 11) is 0. The molecule has 0 atom stereocenters. The quantitative estimate of drug-likeness (QED) is 0.438. The number of hydrogen-bond donors (Lipinski definition) is 0. The summed E-state index contributed by atoms with van der Waals surface area (Å²) < 4.78 is 0. The zero-order valence-corrected chi connectivity index (χ0v) is 10.2. The van der Waals surface area contributed by atoms with E-state index in [1.807, 2.05) is 0 Å². The third kappa shape index (κ3) is 257. The Bertz CT molecular complexity index is 34.7. The van der Waals surface area contributed by atoms with E-state index in [4.69, 9.17) is 15.0 Å². The van der Waals surface area contributed by atoms with Crippen molar-refractivity contribution in [3.05, 3.63) is 0 Å². The smallest absolute Gasteiger partial charge is 2.00 e. The first kappa shape index (κ1) is 25.0. The summed E-state index contributed by atoms with van der Waals surface area (Å²) in [5.41, 5.74) is 0. The van der Waals surface area contributed by atoms with Crippen LogP contribution in [-0.2, 0) is 25.0 Å². The molecule has 6 heteroatoms. The van der Waals surface area contributed by atoms with E-state index in [2.05, 4.69) is 0 Å². The van der Waals surface area contributed by atoms with Crippen LogP contribution in [0.1, 0.15) is 0 Å². The van der Waals surface area contributed by atoms with Gasteiger partial charge in [-0.05, 0) is 6.16 Å². The largest absolute Gasteiger partial charge is 2.00 e. The van der Waals surface area contributed by atoms with Gasteiger partial charge in [0.2, 0.25) is 0 Å². The van der Waals surface area contributed by atoms with E-state index in [-0.39, 0.29) is 52.3 Å². The van der Waals surface area contributed by atoms with E-state index < -0.39 is 6.16 Å². The predicted molar refractivity (Wildman–Crippen MR) is 11.8 cm³/mol. The molecule has 0 saturated heterocycles. The van der Waals surface area contributed by atoms with Crippen LogP contribution in [0.25, 0.3) is 0 Å². The van der Waals surface area contributed by atoms with Crippen molar-refractivity contribution in [3.8, 4) is 0 Å². The van der Waals surface area contributed by atoms with E-state index in [1.165, 1.54) is 0 Å². The molecule has 34 valence electrons. The number of carboxylic acid groups (broad SMARTS) is 2. The van der Waals surface area contributed by atoms with Gasteiger partial charge in [-0.15, -0.1) is 0 Å². The van der Waals surface area contributed by atoms with Crippen molar-refractivity contribution in [2.75, 3.05) is 0 Å². The Morgan fingerprint density at radius 2 is 1.29 bits per heavy atom. The zero-order chi connectivity index (χ0) is 3.58. The predicted octanol–water partition coefficient (Wildman–Crippen LogP) is -2.95. The first-order valence-corrected chi connectivity index (χ1v) is 0.612. The minimum Gasteiger partial charge on any atom is -2.00 e. The molecular weight excluding hydrogens is 349 g/mol. The van der Waals surface area contributed by atoms with Gasteiger partial charge in [0, 0.05) is 0 Å². The summed E-state index contributed by atoms with van der Waals surface area (Å²) in [5, 5.41) is 16.7. The number of hydrogen-bond acceptors (Lipinski definition) is 3. The average molecular weight is 349 g/mol. The maximum atomic E-state index is 8.33. The molecule has 0 amide bonds. The Labute approximate surface area is 73.1 Å². The maximum Gasteiger partial charge on any atom is 2.00 e. The SMILES string of the molecule is O=C([O-])[O-].[O-2].[Pb+2].[Zn+2]. The van der Waals surface area contributed by atoms with E-state index in [9.17, 15) is 0 Å². The second-order valence-corrected chi connectivity index (χ2v) is 0.250. The van der Waals surface area contributed by atoms with Gasteiger partial charge >= 0.3 is 46.8 Å². The molecule has 0 aromatic rings. The fourth-order valence-corrected chi connectivity index (χ4v) is 0. The van der Waals surface area contributed by atoms with Crippen LogP contribution >= 0.6 is 0 Å². The number of carbonyl (C=O) groups is 1. The first-order chi connectivity index (χ1) is 1.73. The third-order valence-corrected chi connectivity index (χ3v) is 0. The Hall–Kier alpha value is 0.775. The van der Waals surface area contributed by atoms with Crippen LogP contribution < -0.4 is 10.2 Å². The van der Waals surface area contributed by atoms with Crippen molar-refractivity contribution in [2.24, 2.45) is 0 Å². The van der Waals surface area contributed by atoms with Crippen LogP contribution in [0.5, 0.6) is 0 Å². The van der Waals surface area contributed by atoms with Crippen molar-refractivity contribution >= 4 is 33.5 Å². The van der Waals surface area contributed by atoms with Gasteiger partial charge in [0.05, 0.1) is 0 Å². The normalized spacial score (nSPS) is 3.43. The van der Waals surface area contributed by atoms with Gasteiger partial charge in [0.15, 0.2) is 0 Å². The summed E-state index contributed by atoms with van der Waals surface area (Å²) in [6.07, 6.45) is -2.33. The number of carbonyl (C=O) groups excluding carboxylic acids is 1. The van der Waals surface area contributed by atoms with E-state index in [1.54, 1.807) is 0 Å². The minimum absolute atomic E-state index is 0. The molecule has 0 N–H and O–H groups in total. The third-order valence-electron chi connectivity index (χ3n) is 0. The van der Waals surface area contributed by atoms with Crippen molar-refractivity contribution in [3.63, 3.8) is 0 Å². The fraction of sp³-hybridized carbons (Fsp3) is 0. The van der Waals surface area contributed by atoms with Gasteiger partial charge in [-0.3, -0.25) is 0 Å². The Morgan fingerprint density at radius 1 is 1.29 bits per heavy atom. The molecule has 4 nitrogen and oxygen atoms in total. The summed E-state index contributed by atoms with van der Waals surface area (Å²) >= 11 is 0. The topological polar surface area (TPSA) is 91.7 Å². The molecule has 0 rings (SSSR count). The van der Waals surface area contributed by atoms with Crippen LogP contribution in [0, 0.1) is 0 Å². The molecule has 0 bridgehead atoms. The van der Waals surface area contributed by atoms with Crippen LogP contribution in [0.3, 0.4) is 0 Å². The molecule has 0 spiro atoms. The van der Waals surface area contributed by atoms with Crippen molar-refractivity contribution in [2.45, 2.75) is 0 Å². The van der Waals surface area contributed by atoms with Crippen LogP contribution in [0.15, 0.2) is 0 Å². The molecule has 2 radical (unpaired) electrons. The molecule has 0 saturated carbocycles. The number of rotatable bonds is 0. The van der Waals surface area contributed by atoms with Gasteiger partial charge in [0.1, 0.15) is 0 Å². The summed E-state index contributed by atoms with van der Waals surface area (Å²) in [6, 6.07) is 0. The first-order valence-electron chi connectivity index (χ1n) is 0.612. The Kier molecular flexibility index (Phi) is 56.7. The van der Waals surface area contributed by atoms with Crippen molar-refractivity contribution in [1.82, 2.24) is 0 Å². The average Bonchev–Trinajstić information content (AvgIpc) is 0.811. The van der Waals surface area contributed by atoms with E-state index in [0.717, 1.165) is 0 Å². The van der Waals surface area contributed by atoms with Gasteiger partial charge in [-0.25, -0.2) is 0 Å². The Morgan fingerprint density at radius 3 is 1.29 bits per heavy atom. The molecule has 0 aliphatic carbocycles.